The van der Waals surface area contributed by atoms with Crippen LogP contribution in [0.25, 0.3) is 54.9 Å². The van der Waals surface area contributed by atoms with Crippen LogP contribution in [0, 0.1) is 23.7 Å². The van der Waals surface area contributed by atoms with Crippen molar-refractivity contribution in [3.63, 3.8) is 0 Å². The van der Waals surface area contributed by atoms with E-state index in [1.165, 1.54) is 87.0 Å². The molecule has 1 spiro atoms. The van der Waals surface area contributed by atoms with Gasteiger partial charge in [-0.05, 0) is 128 Å². The summed E-state index contributed by atoms with van der Waals surface area (Å²) in [5.74, 6) is 3.43. The van der Waals surface area contributed by atoms with E-state index in [2.05, 4.69) is 135 Å². The smallest absolute Gasteiger partial charge is 0.0656 e. The molecule has 0 aromatic heterocycles. The van der Waals surface area contributed by atoms with Crippen LogP contribution >= 0.6 is 0 Å². The monoisotopic (exact) mass is 610 g/mol. The normalized spacial score (nSPS) is 25.8. The van der Waals surface area contributed by atoms with Gasteiger partial charge in [-0.15, -0.1) is 0 Å². The highest BCUT2D eigenvalue weighted by molar-refractivity contribution is 6.88. The summed E-state index contributed by atoms with van der Waals surface area (Å²) in [6, 6.07) is 44.7. The molecule has 0 nitrogen and oxygen atoms in total. The SMILES string of the molecule is C[Si](C)(C)c1ccc2c(c1)C1(c3cc(-c4c5ccccc5c(-c5ccccc5)c5ccccc45)ccc3-2)C2CC3CC(C2)CC1C3. The quantitative estimate of drug-likeness (QED) is 0.138. The molecular formula is C45H42Si. The predicted molar refractivity (Wildman–Crippen MR) is 199 cm³/mol. The van der Waals surface area contributed by atoms with Gasteiger partial charge in [-0.25, -0.2) is 0 Å². The number of benzene rings is 6. The van der Waals surface area contributed by atoms with Crippen molar-refractivity contribution in [3.05, 3.63) is 126 Å². The zero-order chi connectivity index (χ0) is 30.8. The van der Waals surface area contributed by atoms with E-state index in [9.17, 15) is 0 Å². The molecule has 0 unspecified atom stereocenters. The van der Waals surface area contributed by atoms with Gasteiger partial charge in [-0.2, -0.15) is 0 Å². The Bertz CT molecular complexity index is 2110. The molecule has 0 aliphatic heterocycles. The topological polar surface area (TPSA) is 0 Å². The van der Waals surface area contributed by atoms with Crippen molar-refractivity contribution in [3.8, 4) is 33.4 Å². The number of hydrogen-bond donors (Lipinski definition) is 0. The minimum atomic E-state index is -1.46. The first kappa shape index (κ1) is 27.2. The standard InChI is InChI=1S/C45H42Si/c1-46(2,3)34-18-20-36-35-19-17-31(26-41(35)45(42(36)27-34)32-22-28-21-29(24-32)25-33(45)23-28)44-39-15-9-7-13-37(39)43(30-11-5-4-6-12-30)38-14-8-10-16-40(38)44/h4-20,26-29,32-33H,21-25H2,1-3H3. The maximum atomic E-state index is 2.73. The summed E-state index contributed by atoms with van der Waals surface area (Å²) < 4.78 is 0. The van der Waals surface area contributed by atoms with Crippen LogP contribution < -0.4 is 5.19 Å². The van der Waals surface area contributed by atoms with Gasteiger partial charge in [-0.1, -0.05) is 134 Å². The van der Waals surface area contributed by atoms with Gasteiger partial charge in [0, 0.05) is 5.41 Å². The van der Waals surface area contributed by atoms with Gasteiger partial charge in [-0.3, -0.25) is 0 Å². The average molecular weight is 611 g/mol. The molecule has 6 aromatic rings. The van der Waals surface area contributed by atoms with E-state index in [0.717, 1.165) is 23.7 Å². The van der Waals surface area contributed by atoms with Crippen LogP contribution in [0.3, 0.4) is 0 Å². The molecule has 0 atom stereocenters. The summed E-state index contributed by atoms with van der Waals surface area (Å²) in [6.07, 6.45) is 7.18. The van der Waals surface area contributed by atoms with Crippen molar-refractivity contribution in [2.45, 2.75) is 57.2 Å². The van der Waals surface area contributed by atoms with Gasteiger partial charge < -0.3 is 0 Å². The molecule has 1 heteroatoms. The molecule has 5 aliphatic carbocycles. The molecular weight excluding hydrogens is 569 g/mol. The average Bonchev–Trinajstić information content (AvgIpc) is 3.35. The summed E-state index contributed by atoms with van der Waals surface area (Å²) in [5, 5.41) is 7.03. The van der Waals surface area contributed by atoms with Crippen LogP contribution in [-0.4, -0.2) is 8.07 Å². The van der Waals surface area contributed by atoms with Crippen molar-refractivity contribution >= 4 is 34.8 Å². The second-order valence-corrected chi connectivity index (χ2v) is 21.2. The summed E-state index contributed by atoms with van der Waals surface area (Å²) in [7, 11) is -1.46. The van der Waals surface area contributed by atoms with Crippen molar-refractivity contribution in [2.75, 3.05) is 0 Å². The largest absolute Gasteiger partial charge is 0.0776 e. The lowest BCUT2D eigenvalue weighted by molar-refractivity contribution is -0.0399. The van der Waals surface area contributed by atoms with Crippen LogP contribution in [0.1, 0.15) is 43.2 Å². The zero-order valence-corrected chi connectivity index (χ0v) is 28.3. The molecule has 0 N–H and O–H groups in total. The molecule has 46 heavy (non-hydrogen) atoms. The molecule has 0 amide bonds. The van der Waals surface area contributed by atoms with Gasteiger partial charge in [0.05, 0.1) is 8.07 Å². The van der Waals surface area contributed by atoms with Crippen LogP contribution in [0.5, 0.6) is 0 Å². The molecule has 0 radical (unpaired) electrons. The van der Waals surface area contributed by atoms with Gasteiger partial charge in [0.1, 0.15) is 0 Å². The Morgan fingerprint density at radius 1 is 0.478 bits per heavy atom. The van der Waals surface area contributed by atoms with Gasteiger partial charge in [0.15, 0.2) is 0 Å². The third-order valence-electron chi connectivity index (χ3n) is 12.8. The Morgan fingerprint density at radius 2 is 0.957 bits per heavy atom. The fourth-order valence-corrected chi connectivity index (χ4v) is 12.3. The Morgan fingerprint density at radius 3 is 1.50 bits per heavy atom. The summed E-state index contributed by atoms with van der Waals surface area (Å²) >= 11 is 0. The van der Waals surface area contributed by atoms with Crippen LogP contribution in [0.2, 0.25) is 19.6 Å². The minimum Gasteiger partial charge on any atom is -0.0656 e. The van der Waals surface area contributed by atoms with E-state index in [0.29, 0.717) is 0 Å². The number of rotatable bonds is 3. The molecule has 11 rings (SSSR count). The number of fused-ring (bicyclic) bond motifs is 5. The lowest BCUT2D eigenvalue weighted by Gasteiger charge is -2.61. The van der Waals surface area contributed by atoms with Gasteiger partial charge in [0.2, 0.25) is 0 Å². The van der Waals surface area contributed by atoms with Crippen LogP contribution in [0.4, 0.5) is 0 Å². The lowest BCUT2D eigenvalue weighted by Crippen LogP contribution is -2.55. The maximum absolute atomic E-state index is 2.73. The highest BCUT2D eigenvalue weighted by atomic mass is 28.3. The predicted octanol–water partition coefficient (Wildman–Crippen LogP) is 11.6. The van der Waals surface area contributed by atoms with E-state index in [1.54, 1.807) is 16.3 Å². The molecule has 0 heterocycles. The first-order valence-corrected chi connectivity index (χ1v) is 21.2. The number of hydrogen-bond acceptors (Lipinski definition) is 0. The molecule has 4 saturated carbocycles. The Kier molecular flexibility index (Phi) is 5.65. The second kappa shape index (κ2) is 9.55. The molecule has 4 fully saturated rings. The first-order valence-electron chi connectivity index (χ1n) is 17.7. The first-order chi connectivity index (χ1) is 22.4. The van der Waals surface area contributed by atoms with E-state index in [1.807, 2.05) is 0 Å². The van der Waals surface area contributed by atoms with Crippen molar-refractivity contribution in [1.82, 2.24) is 0 Å². The second-order valence-electron chi connectivity index (χ2n) is 16.2. The molecule has 0 saturated heterocycles. The molecule has 4 bridgehead atoms. The lowest BCUT2D eigenvalue weighted by atomic mass is 9.43. The van der Waals surface area contributed by atoms with Gasteiger partial charge in [0.25, 0.3) is 0 Å². The fraction of sp³-hybridized carbons (Fsp3) is 0.289. The molecule has 6 aromatic carbocycles. The van der Waals surface area contributed by atoms with Crippen molar-refractivity contribution in [2.24, 2.45) is 23.7 Å². The molecule has 5 aliphatic rings. The van der Waals surface area contributed by atoms with Crippen LogP contribution in [0.15, 0.2) is 115 Å². The zero-order valence-electron chi connectivity index (χ0n) is 27.3. The Hall–Kier alpha value is -3.94. The third-order valence-corrected chi connectivity index (χ3v) is 14.8. The third kappa shape index (κ3) is 3.61. The van der Waals surface area contributed by atoms with E-state index in [-0.39, 0.29) is 5.41 Å². The minimum absolute atomic E-state index is 0.166. The van der Waals surface area contributed by atoms with E-state index in [4.69, 9.17) is 0 Å². The molecule has 226 valence electrons. The van der Waals surface area contributed by atoms with E-state index >= 15 is 0 Å². The van der Waals surface area contributed by atoms with E-state index < -0.39 is 8.07 Å². The summed E-state index contributed by atoms with van der Waals surface area (Å²) in [5.41, 5.74) is 12.0. The Labute approximate surface area is 274 Å². The fourth-order valence-electron chi connectivity index (χ4n) is 11.2. The summed E-state index contributed by atoms with van der Waals surface area (Å²) in [4.78, 5) is 0. The van der Waals surface area contributed by atoms with Crippen molar-refractivity contribution in [1.29, 1.82) is 0 Å². The van der Waals surface area contributed by atoms with Crippen LogP contribution in [-0.2, 0) is 5.41 Å². The Balaban J connectivity index is 1.26. The highest BCUT2D eigenvalue weighted by Gasteiger charge is 2.61. The van der Waals surface area contributed by atoms with Crippen molar-refractivity contribution < 1.29 is 0 Å². The highest BCUT2D eigenvalue weighted by Crippen LogP contribution is 2.69. The maximum Gasteiger partial charge on any atom is 0.0776 e. The summed E-state index contributed by atoms with van der Waals surface area (Å²) in [6.45, 7) is 7.56. The van der Waals surface area contributed by atoms with Gasteiger partial charge >= 0.3 is 0 Å².